The highest BCUT2D eigenvalue weighted by atomic mass is 16.5. The minimum atomic E-state index is -0.192. The van der Waals surface area contributed by atoms with E-state index in [2.05, 4.69) is 20.1 Å². The van der Waals surface area contributed by atoms with E-state index in [4.69, 9.17) is 4.74 Å². The predicted octanol–water partition coefficient (Wildman–Crippen LogP) is 4.64. The molecular weight excluding hydrogens is 376 g/mol. The number of nitrogens with one attached hydrogen (secondary N) is 1. The molecule has 0 saturated carbocycles. The summed E-state index contributed by atoms with van der Waals surface area (Å²) in [6.07, 6.45) is 7.83. The fourth-order valence-electron chi connectivity index (χ4n) is 3.73. The first-order chi connectivity index (χ1) is 14.6. The lowest BCUT2D eigenvalue weighted by Crippen LogP contribution is -2.07. The Kier molecular flexibility index (Phi) is 5.93. The normalized spacial score (nSPS) is 13.7. The lowest BCUT2D eigenvalue weighted by atomic mass is 10.1. The number of methoxy groups -OCH3 is 1. The van der Waals surface area contributed by atoms with Crippen molar-refractivity contribution in [1.82, 2.24) is 14.8 Å². The summed E-state index contributed by atoms with van der Waals surface area (Å²) in [6.45, 7) is 2.97. The number of ether oxygens (including phenoxy) is 1. The molecule has 1 N–H and O–H groups in total. The molecule has 30 heavy (non-hydrogen) atoms. The third-order valence-corrected chi connectivity index (χ3v) is 5.32. The molecule has 1 amide bonds. The van der Waals surface area contributed by atoms with Crippen LogP contribution < -0.4 is 10.1 Å². The largest absolute Gasteiger partial charge is 0.496 e. The van der Waals surface area contributed by atoms with Gasteiger partial charge in [-0.15, -0.1) is 10.2 Å². The van der Waals surface area contributed by atoms with Crippen LogP contribution in [0.25, 0.3) is 17.5 Å². The highest BCUT2D eigenvalue weighted by Gasteiger charge is 2.15. The molecule has 0 radical (unpaired) electrons. The summed E-state index contributed by atoms with van der Waals surface area (Å²) in [5.74, 6) is 2.51. The number of fused-ring (bicyclic) bond motifs is 1. The van der Waals surface area contributed by atoms with E-state index in [0.717, 1.165) is 59.2 Å². The number of rotatable bonds is 5. The van der Waals surface area contributed by atoms with Crippen LogP contribution in [-0.2, 0) is 17.8 Å². The smallest absolute Gasteiger partial charge is 0.248 e. The van der Waals surface area contributed by atoms with E-state index in [1.807, 2.05) is 49.4 Å². The van der Waals surface area contributed by atoms with Crippen LogP contribution in [-0.4, -0.2) is 27.8 Å². The van der Waals surface area contributed by atoms with Gasteiger partial charge in [0.15, 0.2) is 5.82 Å². The highest BCUT2D eigenvalue weighted by molar-refractivity contribution is 6.02. The van der Waals surface area contributed by atoms with E-state index in [9.17, 15) is 4.79 Å². The monoisotopic (exact) mass is 402 g/mol. The quantitative estimate of drug-likeness (QED) is 0.631. The molecule has 0 spiro atoms. The van der Waals surface area contributed by atoms with Crippen LogP contribution in [0, 0.1) is 6.92 Å². The van der Waals surface area contributed by atoms with Gasteiger partial charge in [0.05, 0.1) is 7.11 Å². The van der Waals surface area contributed by atoms with Crippen molar-refractivity contribution < 1.29 is 9.53 Å². The number of carbonyl (C=O) groups excluding carboxylic acids is 1. The number of amides is 1. The number of anilines is 1. The van der Waals surface area contributed by atoms with Gasteiger partial charge in [0.2, 0.25) is 5.91 Å². The zero-order chi connectivity index (χ0) is 20.9. The predicted molar refractivity (Wildman–Crippen MR) is 118 cm³/mol. The van der Waals surface area contributed by atoms with Crippen molar-refractivity contribution in [3.8, 4) is 17.1 Å². The highest BCUT2D eigenvalue weighted by Crippen LogP contribution is 2.24. The molecule has 6 nitrogen and oxygen atoms in total. The Morgan fingerprint density at radius 3 is 2.73 bits per heavy atom. The summed E-state index contributed by atoms with van der Waals surface area (Å²) in [6, 6.07) is 13.6. The molecule has 0 aliphatic carbocycles. The van der Waals surface area contributed by atoms with Crippen LogP contribution in [0.3, 0.4) is 0 Å². The zero-order valence-electron chi connectivity index (χ0n) is 17.4. The third kappa shape index (κ3) is 4.43. The van der Waals surface area contributed by atoms with Gasteiger partial charge in [-0.05, 0) is 62.2 Å². The molecule has 1 aliphatic rings. The fourth-order valence-corrected chi connectivity index (χ4v) is 3.73. The van der Waals surface area contributed by atoms with E-state index in [-0.39, 0.29) is 5.91 Å². The first kappa shape index (κ1) is 19.9. The van der Waals surface area contributed by atoms with Gasteiger partial charge in [0, 0.05) is 35.9 Å². The molecule has 2 aromatic carbocycles. The average Bonchev–Trinajstić information content (AvgIpc) is 3.01. The van der Waals surface area contributed by atoms with Crippen LogP contribution in [0.2, 0.25) is 0 Å². The third-order valence-electron chi connectivity index (χ3n) is 5.32. The lowest BCUT2D eigenvalue weighted by molar-refractivity contribution is -0.111. The van der Waals surface area contributed by atoms with Crippen molar-refractivity contribution >= 4 is 17.7 Å². The number of benzene rings is 2. The van der Waals surface area contributed by atoms with Gasteiger partial charge < -0.3 is 14.6 Å². The van der Waals surface area contributed by atoms with Gasteiger partial charge in [0.25, 0.3) is 0 Å². The zero-order valence-corrected chi connectivity index (χ0v) is 17.4. The van der Waals surface area contributed by atoms with Crippen LogP contribution in [0.1, 0.15) is 36.2 Å². The molecule has 0 saturated heterocycles. The molecule has 154 valence electrons. The van der Waals surface area contributed by atoms with E-state index in [1.165, 1.54) is 18.9 Å². The Balaban J connectivity index is 1.45. The van der Waals surface area contributed by atoms with Crippen molar-refractivity contribution in [2.45, 2.75) is 39.2 Å². The van der Waals surface area contributed by atoms with E-state index < -0.39 is 0 Å². The number of nitrogens with zero attached hydrogens (tertiary/aromatic N) is 3. The Morgan fingerprint density at radius 1 is 1.10 bits per heavy atom. The van der Waals surface area contributed by atoms with Crippen LogP contribution in [0.15, 0.2) is 48.5 Å². The number of aromatic nitrogens is 3. The SMILES string of the molecule is COc1ccc(C)cc1/C=C/C(=O)Nc1ccc(-c2nnc3n2CCCCC3)cc1. The fraction of sp³-hybridized carbons (Fsp3) is 0.292. The average molecular weight is 402 g/mol. The van der Waals surface area contributed by atoms with E-state index in [0.29, 0.717) is 0 Å². The molecule has 0 unspecified atom stereocenters. The summed E-state index contributed by atoms with van der Waals surface area (Å²) < 4.78 is 7.57. The number of aryl methyl sites for hydroxylation is 2. The van der Waals surface area contributed by atoms with Crippen molar-refractivity contribution in [2.24, 2.45) is 0 Å². The molecule has 0 atom stereocenters. The molecule has 6 heteroatoms. The summed E-state index contributed by atoms with van der Waals surface area (Å²) in [5, 5.41) is 11.7. The maximum absolute atomic E-state index is 12.3. The van der Waals surface area contributed by atoms with Crippen molar-refractivity contribution in [2.75, 3.05) is 12.4 Å². The number of hydrogen-bond acceptors (Lipinski definition) is 4. The Morgan fingerprint density at radius 2 is 1.93 bits per heavy atom. The van der Waals surface area contributed by atoms with Crippen LogP contribution >= 0.6 is 0 Å². The summed E-state index contributed by atoms with van der Waals surface area (Å²) in [7, 11) is 1.62. The molecule has 0 bridgehead atoms. The van der Waals surface area contributed by atoms with Gasteiger partial charge in [0.1, 0.15) is 11.6 Å². The maximum Gasteiger partial charge on any atom is 0.248 e. The second-order valence-electron chi connectivity index (χ2n) is 7.55. The molecule has 1 aliphatic heterocycles. The van der Waals surface area contributed by atoms with E-state index >= 15 is 0 Å². The summed E-state index contributed by atoms with van der Waals surface area (Å²) in [4.78, 5) is 12.3. The van der Waals surface area contributed by atoms with Crippen molar-refractivity contribution in [3.63, 3.8) is 0 Å². The Hall–Kier alpha value is -3.41. The van der Waals surface area contributed by atoms with Crippen molar-refractivity contribution in [1.29, 1.82) is 0 Å². The molecule has 3 aromatic rings. The van der Waals surface area contributed by atoms with Gasteiger partial charge in [-0.3, -0.25) is 4.79 Å². The second-order valence-corrected chi connectivity index (χ2v) is 7.55. The minimum Gasteiger partial charge on any atom is -0.496 e. The Labute approximate surface area is 176 Å². The van der Waals surface area contributed by atoms with Gasteiger partial charge in [-0.25, -0.2) is 0 Å². The standard InChI is InChI=1S/C24H26N4O2/c1-17-7-13-21(30-2)19(16-17)10-14-23(29)25-20-11-8-18(9-12-20)24-27-26-22-6-4-3-5-15-28(22)24/h7-14,16H,3-6,15H2,1-2H3,(H,25,29)/b14-10+. The van der Waals surface area contributed by atoms with Crippen LogP contribution in [0.5, 0.6) is 5.75 Å². The minimum absolute atomic E-state index is 0.192. The van der Waals surface area contributed by atoms with Gasteiger partial charge in [-0.2, -0.15) is 0 Å². The molecule has 0 fully saturated rings. The maximum atomic E-state index is 12.3. The molecule has 4 rings (SSSR count). The number of hydrogen-bond donors (Lipinski definition) is 1. The van der Waals surface area contributed by atoms with Gasteiger partial charge in [-0.1, -0.05) is 18.1 Å². The number of carbonyl (C=O) groups is 1. The molecule has 1 aromatic heterocycles. The molecular formula is C24H26N4O2. The summed E-state index contributed by atoms with van der Waals surface area (Å²) >= 11 is 0. The summed E-state index contributed by atoms with van der Waals surface area (Å²) in [5.41, 5.74) is 3.72. The lowest BCUT2D eigenvalue weighted by Gasteiger charge is -2.08. The first-order valence-corrected chi connectivity index (χ1v) is 10.3. The Bertz CT molecular complexity index is 1070. The molecule has 2 heterocycles. The van der Waals surface area contributed by atoms with Gasteiger partial charge >= 0.3 is 0 Å². The van der Waals surface area contributed by atoms with E-state index in [1.54, 1.807) is 13.2 Å². The van der Waals surface area contributed by atoms with Crippen molar-refractivity contribution in [3.05, 3.63) is 65.5 Å². The first-order valence-electron chi connectivity index (χ1n) is 10.3. The van der Waals surface area contributed by atoms with Crippen LogP contribution in [0.4, 0.5) is 5.69 Å². The second kappa shape index (κ2) is 8.95. The topological polar surface area (TPSA) is 69.0 Å².